The zero-order valence-electron chi connectivity index (χ0n) is 18.9. The second-order valence-corrected chi connectivity index (χ2v) is 8.91. The highest BCUT2D eigenvalue weighted by Gasteiger charge is 2.28. The molecule has 9 heteroatoms. The van der Waals surface area contributed by atoms with Crippen molar-refractivity contribution in [3.63, 3.8) is 0 Å². The van der Waals surface area contributed by atoms with E-state index in [0.717, 1.165) is 36.8 Å². The number of amides is 4. The fourth-order valence-electron chi connectivity index (χ4n) is 4.59. The summed E-state index contributed by atoms with van der Waals surface area (Å²) >= 11 is 0. The van der Waals surface area contributed by atoms with Crippen molar-refractivity contribution in [2.75, 3.05) is 17.2 Å². The van der Waals surface area contributed by atoms with E-state index in [1.54, 1.807) is 23.1 Å². The van der Waals surface area contributed by atoms with Gasteiger partial charge in [-0.15, -0.1) is 0 Å². The minimum absolute atomic E-state index is 0.105. The van der Waals surface area contributed by atoms with Crippen molar-refractivity contribution in [2.24, 2.45) is 11.7 Å². The number of nitrogens with two attached hydrogens (primary N) is 1. The van der Waals surface area contributed by atoms with Crippen LogP contribution in [-0.4, -0.2) is 35.6 Å². The molecular weight excluding hydrogens is 439 g/mol. The number of carbonyl (C=O) groups is 3. The summed E-state index contributed by atoms with van der Waals surface area (Å²) in [7, 11) is 0. The molecule has 0 aromatic heterocycles. The maximum atomic E-state index is 13.7. The number of carbonyl (C=O) groups excluding carboxylic acids is 3. The fraction of sp³-hybridized carbons (Fsp3) is 0.400. The Hall–Kier alpha value is -3.62. The monoisotopic (exact) mass is 468 g/mol. The highest BCUT2D eigenvalue weighted by Crippen LogP contribution is 2.29. The van der Waals surface area contributed by atoms with Crippen LogP contribution in [0, 0.1) is 11.7 Å². The van der Waals surface area contributed by atoms with Gasteiger partial charge in [0.1, 0.15) is 11.9 Å². The van der Waals surface area contributed by atoms with Gasteiger partial charge in [0.05, 0.1) is 5.69 Å². The quantitative estimate of drug-likeness (QED) is 0.603. The van der Waals surface area contributed by atoms with Gasteiger partial charge in [-0.2, -0.15) is 0 Å². The van der Waals surface area contributed by atoms with Gasteiger partial charge in [0.25, 0.3) is 0 Å². The van der Waals surface area contributed by atoms with Gasteiger partial charge in [-0.05, 0) is 73.4 Å². The second kappa shape index (κ2) is 10.5. The Balaban J connectivity index is 1.28. The minimum atomic E-state index is -0.531. The molecule has 1 heterocycles. The summed E-state index contributed by atoms with van der Waals surface area (Å²) in [6, 6.07) is 10.9. The molecule has 34 heavy (non-hydrogen) atoms. The lowest BCUT2D eigenvalue weighted by atomic mass is 9.85. The molecule has 1 saturated carbocycles. The van der Waals surface area contributed by atoms with Crippen LogP contribution in [0.4, 0.5) is 25.4 Å². The smallest absolute Gasteiger partial charge is 0.410 e. The topological polar surface area (TPSA) is 114 Å². The zero-order chi connectivity index (χ0) is 24.1. The summed E-state index contributed by atoms with van der Waals surface area (Å²) < 4.78 is 19.4. The average Bonchev–Trinajstić information content (AvgIpc) is 2.81. The fourth-order valence-corrected chi connectivity index (χ4v) is 4.59. The summed E-state index contributed by atoms with van der Waals surface area (Å²) in [5.41, 5.74) is 8.01. The van der Waals surface area contributed by atoms with E-state index in [4.69, 9.17) is 10.5 Å². The number of benzene rings is 2. The summed E-state index contributed by atoms with van der Waals surface area (Å²) in [6.07, 6.45) is 3.75. The van der Waals surface area contributed by atoms with Gasteiger partial charge in [0, 0.05) is 25.2 Å². The van der Waals surface area contributed by atoms with Gasteiger partial charge in [-0.1, -0.05) is 18.2 Å². The first-order valence-electron chi connectivity index (χ1n) is 11.6. The minimum Gasteiger partial charge on any atom is -0.446 e. The lowest BCUT2D eigenvalue weighted by Crippen LogP contribution is -2.39. The van der Waals surface area contributed by atoms with Crippen molar-refractivity contribution in [3.8, 4) is 0 Å². The molecule has 0 unspecified atom stereocenters. The molecule has 4 N–H and O–H groups in total. The van der Waals surface area contributed by atoms with Crippen LogP contribution < -0.4 is 16.4 Å². The summed E-state index contributed by atoms with van der Waals surface area (Å²) in [4.78, 5) is 37.7. The summed E-state index contributed by atoms with van der Waals surface area (Å²) in [5, 5.41) is 5.21. The highest BCUT2D eigenvalue weighted by molar-refractivity contribution is 5.99. The van der Waals surface area contributed by atoms with Crippen LogP contribution in [0.3, 0.4) is 0 Å². The molecule has 1 aliphatic heterocycles. The van der Waals surface area contributed by atoms with E-state index in [2.05, 4.69) is 10.6 Å². The molecule has 180 valence electrons. The van der Waals surface area contributed by atoms with Crippen molar-refractivity contribution in [1.82, 2.24) is 4.90 Å². The van der Waals surface area contributed by atoms with Gasteiger partial charge >= 0.3 is 12.1 Å². The van der Waals surface area contributed by atoms with Crippen molar-refractivity contribution in [2.45, 2.75) is 51.2 Å². The number of halogens is 1. The average molecular weight is 469 g/mol. The van der Waals surface area contributed by atoms with Gasteiger partial charge in [-0.3, -0.25) is 4.79 Å². The van der Waals surface area contributed by atoms with Crippen LogP contribution in [0.2, 0.25) is 0 Å². The molecule has 2 aliphatic rings. The molecule has 4 amide bonds. The predicted molar refractivity (Wildman–Crippen MR) is 126 cm³/mol. The largest absolute Gasteiger partial charge is 0.446 e. The molecule has 2 aromatic carbocycles. The van der Waals surface area contributed by atoms with Crippen LogP contribution in [0.5, 0.6) is 0 Å². The SMILES string of the molecule is NC(=O)CC1CCC(OC(=O)N2CCc3cc(NC(=O)Nc4ccccc4F)ccc3C2)CC1. The maximum Gasteiger partial charge on any atom is 0.410 e. The van der Waals surface area contributed by atoms with Gasteiger partial charge < -0.3 is 26.0 Å². The van der Waals surface area contributed by atoms with E-state index in [9.17, 15) is 18.8 Å². The van der Waals surface area contributed by atoms with Crippen molar-refractivity contribution < 1.29 is 23.5 Å². The molecule has 1 fully saturated rings. The van der Waals surface area contributed by atoms with Crippen LogP contribution in [0.1, 0.15) is 43.2 Å². The standard InChI is InChI=1S/C25H29FN4O4/c26-21-3-1-2-4-22(21)29-24(32)28-19-8-7-18-15-30(12-11-17(18)14-19)25(33)34-20-9-5-16(6-10-20)13-23(27)31/h1-4,7-8,14,16,20H,5-6,9-13,15H2,(H2,27,31)(H2,28,29,32). The number of nitrogens with one attached hydrogen (secondary N) is 2. The molecule has 2 aromatic rings. The van der Waals surface area contributed by atoms with Gasteiger partial charge in [-0.25, -0.2) is 14.0 Å². The predicted octanol–water partition coefficient (Wildman–Crippen LogP) is 4.40. The van der Waals surface area contributed by atoms with E-state index in [0.29, 0.717) is 31.6 Å². The number of anilines is 2. The molecular formula is C25H29FN4O4. The third-order valence-electron chi connectivity index (χ3n) is 6.41. The number of urea groups is 1. The first kappa shape index (κ1) is 23.5. The van der Waals surface area contributed by atoms with Crippen molar-refractivity contribution in [3.05, 3.63) is 59.4 Å². The van der Waals surface area contributed by atoms with Crippen LogP contribution >= 0.6 is 0 Å². The van der Waals surface area contributed by atoms with Crippen LogP contribution in [0.15, 0.2) is 42.5 Å². The molecule has 1 aliphatic carbocycles. The van der Waals surface area contributed by atoms with Crippen molar-refractivity contribution >= 4 is 29.4 Å². The number of fused-ring (bicyclic) bond motifs is 1. The van der Waals surface area contributed by atoms with Gasteiger partial charge in [0.15, 0.2) is 0 Å². The van der Waals surface area contributed by atoms with Crippen LogP contribution in [0.25, 0.3) is 0 Å². The molecule has 0 radical (unpaired) electrons. The number of rotatable bonds is 5. The number of hydrogen-bond donors (Lipinski definition) is 3. The lowest BCUT2D eigenvalue weighted by molar-refractivity contribution is -0.119. The van der Waals surface area contributed by atoms with E-state index < -0.39 is 11.8 Å². The second-order valence-electron chi connectivity index (χ2n) is 8.91. The van der Waals surface area contributed by atoms with E-state index >= 15 is 0 Å². The number of primary amides is 1. The van der Waals surface area contributed by atoms with Crippen molar-refractivity contribution in [1.29, 1.82) is 0 Å². The Labute approximate surface area is 197 Å². The lowest BCUT2D eigenvalue weighted by Gasteiger charge is -2.32. The van der Waals surface area contributed by atoms with E-state index in [1.807, 2.05) is 12.1 Å². The van der Waals surface area contributed by atoms with Gasteiger partial charge in [0.2, 0.25) is 5.91 Å². The Bertz CT molecular complexity index is 1070. The molecule has 0 saturated heterocycles. The normalized spacial score (nSPS) is 19.6. The first-order valence-corrected chi connectivity index (χ1v) is 11.6. The third-order valence-corrected chi connectivity index (χ3v) is 6.41. The molecule has 8 nitrogen and oxygen atoms in total. The third kappa shape index (κ3) is 6.03. The number of nitrogens with zero attached hydrogens (tertiary/aromatic N) is 1. The van der Waals surface area contributed by atoms with E-state index in [-0.39, 0.29) is 29.7 Å². The highest BCUT2D eigenvalue weighted by atomic mass is 19.1. The van der Waals surface area contributed by atoms with E-state index in [1.165, 1.54) is 12.1 Å². The zero-order valence-corrected chi connectivity index (χ0v) is 18.9. The summed E-state index contributed by atoms with van der Waals surface area (Å²) in [5.74, 6) is -0.504. The number of para-hydroxylation sites is 1. The Morgan fingerprint density at radius 2 is 1.79 bits per heavy atom. The maximum absolute atomic E-state index is 13.7. The number of ether oxygens (including phenoxy) is 1. The molecule has 4 rings (SSSR count). The Morgan fingerprint density at radius 3 is 2.53 bits per heavy atom. The first-order chi connectivity index (χ1) is 16.4. The molecule has 0 bridgehead atoms. The molecule has 0 spiro atoms. The number of hydrogen-bond acceptors (Lipinski definition) is 4. The Morgan fingerprint density at radius 1 is 1.03 bits per heavy atom. The Kier molecular flexibility index (Phi) is 7.30. The summed E-state index contributed by atoms with van der Waals surface area (Å²) in [6.45, 7) is 0.959. The molecule has 0 atom stereocenters. The van der Waals surface area contributed by atoms with Crippen LogP contribution in [-0.2, 0) is 22.5 Å².